The summed E-state index contributed by atoms with van der Waals surface area (Å²) in [6.45, 7) is 21.6. The molecule has 0 fully saturated rings. The standard InChI is InChI=1S/C59H63F4N4O8S3/c1-13-59(10,11)58(69)66-44(57(68)74-12)30-76-55-49(60)51(62)56(52(63)50(55)61)78(72,73)67-77(70,71)47-23-15-14-18-43(47)48-41-26-24-35(64-53-37(31(2)3)19-16-20-38(53)32(4)5)28-45(41)75-46-29-36(25-27-42(46)48)65-54-39(33(6)7)21-17-22-40(54)34(8)9/h14-29,31-34,44H,13,30H2,1-12H3,(H,64,65)(H,66,69)/q-1/p+1. The summed E-state index contributed by atoms with van der Waals surface area (Å²) in [4.78, 5) is 24.6. The predicted octanol–water partition coefficient (Wildman–Crippen LogP) is 12.9. The smallest absolute Gasteiger partial charge is 0.329 e. The average molecular weight is 1130 g/mol. The van der Waals surface area contributed by atoms with E-state index in [2.05, 4.69) is 99.4 Å². The molecule has 1 atom stereocenters. The van der Waals surface area contributed by atoms with Gasteiger partial charge in [-0.15, -0.1) is 11.8 Å². The summed E-state index contributed by atoms with van der Waals surface area (Å²) < 4.78 is 135. The summed E-state index contributed by atoms with van der Waals surface area (Å²) in [5.74, 6) is -10.9. The Morgan fingerprint density at radius 1 is 0.705 bits per heavy atom. The second kappa shape index (κ2) is 23.4. The lowest BCUT2D eigenvalue weighted by Gasteiger charge is -2.26. The fourth-order valence-electron chi connectivity index (χ4n) is 9.06. The van der Waals surface area contributed by atoms with E-state index in [4.69, 9.17) is 9.15 Å². The SMILES string of the molecule is CCC(C)(C)C(=O)NC(CSc1c(F)c(F)c(S(=O)(=O)[N-]S(=O)(=O)c2ccccc2-c2c3ccc(=[NH+]c4c(C(C)C)cccc4C(C)C)cc-3oc3cc(Nc4c(C(C)C)cccc4C(C)C)ccc23)c(F)c1F)C(=O)OC. The van der Waals surface area contributed by atoms with Gasteiger partial charge in [0.15, 0.2) is 23.3 Å². The van der Waals surface area contributed by atoms with E-state index in [0.717, 1.165) is 46.8 Å². The second-order valence-electron chi connectivity index (χ2n) is 20.9. The van der Waals surface area contributed by atoms with E-state index < -0.39 is 87.1 Å². The van der Waals surface area contributed by atoms with Crippen LogP contribution in [0.5, 0.6) is 0 Å². The van der Waals surface area contributed by atoms with Crippen molar-refractivity contribution >= 4 is 71.7 Å². The summed E-state index contributed by atoms with van der Waals surface area (Å²) in [7, 11) is -10.7. The van der Waals surface area contributed by atoms with Crippen molar-refractivity contribution in [3.05, 3.63) is 152 Å². The van der Waals surface area contributed by atoms with Crippen molar-refractivity contribution in [2.24, 2.45) is 5.41 Å². The Hall–Kier alpha value is -6.54. The van der Waals surface area contributed by atoms with Gasteiger partial charge in [0.25, 0.3) is 0 Å². The molecule has 0 aromatic heterocycles. The molecule has 19 heteroatoms. The molecule has 1 aliphatic heterocycles. The lowest BCUT2D eigenvalue weighted by molar-refractivity contribution is -0.404. The number of sulfonamides is 2. The fraction of sp³-hybridized carbons (Fsp3) is 0.339. The maximum atomic E-state index is 16.0. The van der Waals surface area contributed by atoms with E-state index in [1.165, 1.54) is 18.2 Å². The number of amides is 1. The number of thioether (sulfide) groups is 1. The van der Waals surface area contributed by atoms with Gasteiger partial charge in [-0.05, 0) is 65.5 Å². The monoisotopic (exact) mass is 1130 g/mol. The summed E-state index contributed by atoms with van der Waals surface area (Å²) in [6.07, 6.45) is 0.331. The topological polar surface area (TPSA) is 177 Å². The molecule has 5 aromatic rings. The molecule has 0 radical (unpaired) electrons. The fourth-order valence-corrected chi connectivity index (χ4v) is 13.0. The van der Waals surface area contributed by atoms with Crippen molar-refractivity contribution in [1.29, 1.82) is 0 Å². The zero-order valence-corrected chi connectivity index (χ0v) is 47.9. The number of fused-ring (bicyclic) bond motifs is 2. The van der Waals surface area contributed by atoms with Crippen LogP contribution in [-0.4, -0.2) is 47.6 Å². The number of nitrogens with zero attached hydrogens (tertiary/aromatic N) is 1. The predicted molar refractivity (Wildman–Crippen MR) is 297 cm³/mol. The summed E-state index contributed by atoms with van der Waals surface area (Å²) in [5.41, 5.74) is 6.62. The first-order chi connectivity index (χ1) is 36.6. The van der Waals surface area contributed by atoms with Crippen LogP contribution in [0.1, 0.15) is 129 Å². The molecular weight excluding hydrogens is 1060 g/mol. The lowest BCUT2D eigenvalue weighted by atomic mass is 9.89. The van der Waals surface area contributed by atoms with Crippen molar-refractivity contribution in [2.75, 3.05) is 18.2 Å². The Balaban J connectivity index is 1.37. The zero-order valence-electron chi connectivity index (χ0n) is 45.5. The van der Waals surface area contributed by atoms with Gasteiger partial charge in [-0.2, -0.15) is 0 Å². The maximum Gasteiger partial charge on any atom is 0.329 e. The van der Waals surface area contributed by atoms with Gasteiger partial charge < -0.3 is 23.9 Å². The number of hydrogen-bond acceptors (Lipinski definition) is 10. The first kappa shape index (κ1) is 59.1. The van der Waals surface area contributed by atoms with Gasteiger partial charge in [0.2, 0.25) is 17.0 Å². The number of carbonyl (C=O) groups excluding carboxylic acids is 2. The van der Waals surface area contributed by atoms with Crippen molar-refractivity contribution in [2.45, 2.75) is 127 Å². The van der Waals surface area contributed by atoms with Crippen LogP contribution in [0.3, 0.4) is 0 Å². The van der Waals surface area contributed by atoms with Crippen LogP contribution in [0.15, 0.2) is 116 Å². The molecule has 414 valence electrons. The molecule has 3 N–H and O–H groups in total. The summed E-state index contributed by atoms with van der Waals surface area (Å²) in [5, 5.41) is 7.02. The molecule has 0 saturated heterocycles. The Bertz CT molecular complexity index is 3650. The van der Waals surface area contributed by atoms with Gasteiger partial charge in [0.05, 0.1) is 23.0 Å². The molecule has 1 aliphatic carbocycles. The van der Waals surface area contributed by atoms with Gasteiger partial charge in [-0.3, -0.25) is 4.79 Å². The first-order valence-electron chi connectivity index (χ1n) is 25.5. The third kappa shape index (κ3) is 12.0. The van der Waals surface area contributed by atoms with Gasteiger partial charge in [-0.25, -0.2) is 44.2 Å². The number of ether oxygens (including phenoxy) is 1. The van der Waals surface area contributed by atoms with E-state index in [-0.39, 0.29) is 57.9 Å². The number of esters is 1. The number of anilines is 2. The molecule has 1 unspecified atom stereocenters. The number of rotatable bonds is 19. The van der Waals surface area contributed by atoms with Gasteiger partial charge in [0.1, 0.15) is 42.3 Å². The number of methoxy groups -OCH3 is 1. The largest absolute Gasteiger partial charge is 0.467 e. The Morgan fingerprint density at radius 3 is 1.82 bits per heavy atom. The van der Waals surface area contributed by atoms with Gasteiger partial charge in [0, 0.05) is 67.9 Å². The molecule has 0 spiro atoms. The molecule has 0 bridgehead atoms. The van der Waals surface area contributed by atoms with Crippen molar-refractivity contribution < 1.29 is 58.1 Å². The highest BCUT2D eigenvalue weighted by Crippen LogP contribution is 2.46. The molecule has 1 heterocycles. The average Bonchev–Trinajstić information content (AvgIpc) is 3.56. The van der Waals surface area contributed by atoms with Crippen LogP contribution in [0.2, 0.25) is 0 Å². The summed E-state index contributed by atoms with van der Waals surface area (Å²) >= 11 is 0.0483. The zero-order chi connectivity index (χ0) is 57.3. The quantitative estimate of drug-likeness (QED) is 0.0232. The second-order valence-corrected chi connectivity index (χ2v) is 25.3. The van der Waals surface area contributed by atoms with Gasteiger partial charge >= 0.3 is 5.97 Å². The van der Waals surface area contributed by atoms with E-state index in [9.17, 15) is 26.4 Å². The number of benzene rings is 6. The van der Waals surface area contributed by atoms with E-state index >= 15 is 17.6 Å². The normalized spacial score (nSPS) is 13.1. The number of carbonyl (C=O) groups is 2. The van der Waals surface area contributed by atoms with Crippen LogP contribution >= 0.6 is 11.8 Å². The van der Waals surface area contributed by atoms with E-state index in [1.807, 2.05) is 12.1 Å². The number of hydrogen-bond donors (Lipinski definition) is 3. The minimum Gasteiger partial charge on any atom is -0.467 e. The number of halogens is 4. The minimum atomic E-state index is -6.14. The molecule has 12 nitrogen and oxygen atoms in total. The first-order valence-corrected chi connectivity index (χ1v) is 29.3. The highest BCUT2D eigenvalue weighted by Gasteiger charge is 2.35. The van der Waals surface area contributed by atoms with Crippen LogP contribution in [-0.2, 0) is 34.4 Å². The Labute approximate surface area is 457 Å². The van der Waals surface area contributed by atoms with Crippen LogP contribution in [0, 0.1) is 28.7 Å². The highest BCUT2D eigenvalue weighted by atomic mass is 32.3. The highest BCUT2D eigenvalue weighted by molar-refractivity contribution is 8.12. The molecular formula is C59H64F4N4O8S3. The molecule has 0 saturated carbocycles. The Morgan fingerprint density at radius 2 is 1.27 bits per heavy atom. The van der Waals surface area contributed by atoms with E-state index in [0.29, 0.717) is 28.4 Å². The Kier molecular flexibility index (Phi) is 17.8. The summed E-state index contributed by atoms with van der Waals surface area (Å²) in [6, 6.07) is 26.5. The van der Waals surface area contributed by atoms with E-state index in [1.54, 1.807) is 57.2 Å². The van der Waals surface area contributed by atoms with Crippen LogP contribution in [0.25, 0.3) is 37.5 Å². The van der Waals surface area contributed by atoms with Crippen molar-refractivity contribution in [1.82, 2.24) is 5.32 Å². The van der Waals surface area contributed by atoms with Crippen molar-refractivity contribution in [3.8, 4) is 22.5 Å². The minimum absolute atomic E-state index is 0.0483. The lowest BCUT2D eigenvalue weighted by Crippen LogP contribution is -2.71. The number of nitrogens with one attached hydrogen (secondary N) is 3. The maximum absolute atomic E-state index is 16.0. The van der Waals surface area contributed by atoms with Crippen molar-refractivity contribution in [3.63, 3.8) is 0 Å². The van der Waals surface area contributed by atoms with Crippen LogP contribution < -0.4 is 21.0 Å². The van der Waals surface area contributed by atoms with Crippen LogP contribution in [0.4, 0.5) is 34.6 Å². The molecule has 5 aromatic carbocycles. The molecule has 1 amide bonds. The molecule has 7 rings (SSSR count). The molecule has 78 heavy (non-hydrogen) atoms. The van der Waals surface area contributed by atoms with Gasteiger partial charge in [-0.1, -0.05) is 131 Å². The molecule has 2 aliphatic rings. The number of para-hydroxylation sites is 2. The third-order valence-electron chi connectivity index (χ3n) is 13.8. The third-order valence-corrected chi connectivity index (χ3v) is 18.3.